The quantitative estimate of drug-likeness (QED) is 0.652. The van der Waals surface area contributed by atoms with Gasteiger partial charge in [-0.1, -0.05) is 81.8 Å². The van der Waals surface area contributed by atoms with Crippen LogP contribution < -0.4 is 0 Å². The van der Waals surface area contributed by atoms with E-state index in [4.69, 9.17) is 0 Å². The van der Waals surface area contributed by atoms with Gasteiger partial charge in [0.25, 0.3) is 0 Å². The molecule has 0 heteroatoms. The average Bonchev–Trinajstić information content (AvgIpc) is 2.47. The normalized spacial score (nSPS) is 14.3. The van der Waals surface area contributed by atoms with Gasteiger partial charge in [-0.15, -0.1) is 0 Å². The van der Waals surface area contributed by atoms with Crippen LogP contribution in [0.5, 0.6) is 0 Å². The van der Waals surface area contributed by atoms with Crippen molar-refractivity contribution in [3.63, 3.8) is 0 Å². The first-order valence-electron chi connectivity index (χ1n) is 7.65. The highest BCUT2D eigenvalue weighted by molar-refractivity contribution is 5.40. The molecule has 0 bridgehead atoms. The number of rotatable bonds is 4. The van der Waals surface area contributed by atoms with E-state index in [1.165, 1.54) is 22.3 Å². The lowest BCUT2D eigenvalue weighted by atomic mass is 9.74. The first-order valence-corrected chi connectivity index (χ1v) is 7.65. The molecule has 2 aromatic rings. The predicted octanol–water partition coefficient (Wildman–Crippen LogP) is 5.83. The molecule has 2 aromatic carbocycles. The van der Waals surface area contributed by atoms with E-state index in [2.05, 4.69) is 83.1 Å². The van der Waals surface area contributed by atoms with Gasteiger partial charge in [0.15, 0.2) is 0 Å². The Morgan fingerprint density at radius 2 is 1.30 bits per heavy atom. The van der Waals surface area contributed by atoms with Crippen molar-refractivity contribution in [3.05, 3.63) is 70.8 Å². The molecule has 1 atom stereocenters. The summed E-state index contributed by atoms with van der Waals surface area (Å²) in [6.07, 6.45) is 1.11. The average molecular weight is 266 g/mol. The summed E-state index contributed by atoms with van der Waals surface area (Å²) in [5.74, 6) is 0.594. The Morgan fingerprint density at radius 1 is 0.850 bits per heavy atom. The minimum atomic E-state index is 0.100. The van der Waals surface area contributed by atoms with Gasteiger partial charge in [-0.2, -0.15) is 0 Å². The summed E-state index contributed by atoms with van der Waals surface area (Å²) in [4.78, 5) is 0. The zero-order chi connectivity index (χ0) is 14.8. The maximum atomic E-state index is 2.35. The van der Waals surface area contributed by atoms with E-state index in [0.29, 0.717) is 5.92 Å². The van der Waals surface area contributed by atoms with Crippen LogP contribution in [0.4, 0.5) is 0 Å². The summed E-state index contributed by atoms with van der Waals surface area (Å²) in [6, 6.07) is 18.1. The molecule has 0 amide bonds. The first-order chi connectivity index (χ1) is 9.47. The van der Waals surface area contributed by atoms with Gasteiger partial charge in [-0.05, 0) is 36.0 Å². The SMILES string of the molecule is CCC(C)(c1ccc(C)cc1)c1ccc(C(C)C)cc1. The molecular formula is C20H26. The van der Waals surface area contributed by atoms with E-state index in [9.17, 15) is 0 Å². The van der Waals surface area contributed by atoms with Gasteiger partial charge in [0.05, 0.1) is 0 Å². The molecular weight excluding hydrogens is 240 g/mol. The molecule has 0 N–H and O–H groups in total. The van der Waals surface area contributed by atoms with Crippen molar-refractivity contribution in [2.24, 2.45) is 0 Å². The maximum Gasteiger partial charge on any atom is 0.0172 e. The monoisotopic (exact) mass is 266 g/mol. The van der Waals surface area contributed by atoms with Gasteiger partial charge in [0.1, 0.15) is 0 Å². The minimum absolute atomic E-state index is 0.100. The maximum absolute atomic E-state index is 2.35. The molecule has 0 aromatic heterocycles. The highest BCUT2D eigenvalue weighted by Crippen LogP contribution is 2.35. The van der Waals surface area contributed by atoms with E-state index in [1.807, 2.05) is 0 Å². The molecule has 0 heterocycles. The summed E-state index contributed by atoms with van der Waals surface area (Å²) in [5, 5.41) is 0. The zero-order valence-corrected chi connectivity index (χ0v) is 13.4. The fraction of sp³-hybridized carbons (Fsp3) is 0.400. The van der Waals surface area contributed by atoms with Crippen LogP contribution in [0.2, 0.25) is 0 Å². The van der Waals surface area contributed by atoms with Gasteiger partial charge in [-0.3, -0.25) is 0 Å². The van der Waals surface area contributed by atoms with Crippen LogP contribution in [0.15, 0.2) is 48.5 Å². The Morgan fingerprint density at radius 3 is 1.70 bits per heavy atom. The van der Waals surface area contributed by atoms with Crippen molar-refractivity contribution in [2.75, 3.05) is 0 Å². The largest absolute Gasteiger partial charge is 0.0642 e. The molecule has 0 aliphatic heterocycles. The summed E-state index contributed by atoms with van der Waals surface area (Å²) < 4.78 is 0. The topological polar surface area (TPSA) is 0 Å². The van der Waals surface area contributed by atoms with E-state index < -0.39 is 0 Å². The zero-order valence-electron chi connectivity index (χ0n) is 13.4. The molecule has 0 spiro atoms. The van der Waals surface area contributed by atoms with Gasteiger partial charge in [-0.25, -0.2) is 0 Å². The second kappa shape index (κ2) is 5.83. The van der Waals surface area contributed by atoms with E-state index >= 15 is 0 Å². The fourth-order valence-corrected chi connectivity index (χ4v) is 2.73. The van der Waals surface area contributed by atoms with Gasteiger partial charge >= 0.3 is 0 Å². The number of benzene rings is 2. The number of hydrogen-bond acceptors (Lipinski definition) is 0. The van der Waals surface area contributed by atoms with Crippen molar-refractivity contribution in [1.29, 1.82) is 0 Å². The summed E-state index contributed by atoms with van der Waals surface area (Å²) in [7, 11) is 0. The molecule has 0 radical (unpaired) electrons. The molecule has 0 saturated heterocycles. The molecule has 0 aliphatic rings. The van der Waals surface area contributed by atoms with Crippen molar-refractivity contribution < 1.29 is 0 Å². The number of hydrogen-bond donors (Lipinski definition) is 0. The smallest absolute Gasteiger partial charge is 0.0172 e. The van der Waals surface area contributed by atoms with Crippen molar-refractivity contribution in [1.82, 2.24) is 0 Å². The second-order valence-corrected chi connectivity index (χ2v) is 6.33. The van der Waals surface area contributed by atoms with Crippen LogP contribution >= 0.6 is 0 Å². The lowest BCUT2D eigenvalue weighted by Crippen LogP contribution is -2.22. The summed E-state index contributed by atoms with van der Waals surface area (Å²) in [5.41, 5.74) is 5.65. The third kappa shape index (κ3) is 2.80. The summed E-state index contributed by atoms with van der Waals surface area (Å²) >= 11 is 0. The standard InChI is InChI=1S/C20H26/c1-6-20(5,18-11-7-16(4)8-12-18)19-13-9-17(10-14-19)15(2)3/h7-15H,6H2,1-5H3. The Kier molecular flexibility index (Phi) is 4.32. The summed E-state index contributed by atoms with van der Waals surface area (Å²) in [6.45, 7) is 11.3. The van der Waals surface area contributed by atoms with Crippen LogP contribution in [0.3, 0.4) is 0 Å². The van der Waals surface area contributed by atoms with E-state index in [0.717, 1.165) is 6.42 Å². The van der Waals surface area contributed by atoms with Gasteiger partial charge in [0.2, 0.25) is 0 Å². The highest BCUT2D eigenvalue weighted by Gasteiger charge is 2.26. The molecule has 20 heavy (non-hydrogen) atoms. The Labute approximate surface area is 123 Å². The molecule has 0 fully saturated rings. The van der Waals surface area contributed by atoms with Crippen molar-refractivity contribution in [3.8, 4) is 0 Å². The number of aryl methyl sites for hydroxylation is 1. The first kappa shape index (κ1) is 14.8. The molecule has 0 saturated carbocycles. The van der Waals surface area contributed by atoms with E-state index in [1.54, 1.807) is 0 Å². The Balaban J connectivity index is 2.42. The van der Waals surface area contributed by atoms with Crippen molar-refractivity contribution >= 4 is 0 Å². The predicted molar refractivity (Wildman–Crippen MR) is 88.5 cm³/mol. The van der Waals surface area contributed by atoms with Crippen LogP contribution in [0.1, 0.15) is 62.3 Å². The molecule has 106 valence electrons. The fourth-order valence-electron chi connectivity index (χ4n) is 2.73. The lowest BCUT2D eigenvalue weighted by Gasteiger charge is -2.30. The van der Waals surface area contributed by atoms with E-state index in [-0.39, 0.29) is 5.41 Å². The molecule has 2 rings (SSSR count). The van der Waals surface area contributed by atoms with Crippen LogP contribution in [0, 0.1) is 6.92 Å². The van der Waals surface area contributed by atoms with Gasteiger partial charge in [0, 0.05) is 5.41 Å². The molecule has 0 nitrogen and oxygen atoms in total. The third-order valence-electron chi connectivity index (χ3n) is 4.61. The van der Waals surface area contributed by atoms with Gasteiger partial charge < -0.3 is 0 Å². The Hall–Kier alpha value is -1.56. The second-order valence-electron chi connectivity index (χ2n) is 6.33. The molecule has 0 aliphatic carbocycles. The lowest BCUT2D eigenvalue weighted by molar-refractivity contribution is 0.549. The van der Waals surface area contributed by atoms with Crippen LogP contribution in [0.25, 0.3) is 0 Å². The van der Waals surface area contributed by atoms with Crippen LogP contribution in [-0.4, -0.2) is 0 Å². The third-order valence-corrected chi connectivity index (χ3v) is 4.61. The highest BCUT2D eigenvalue weighted by atomic mass is 14.3. The van der Waals surface area contributed by atoms with Crippen molar-refractivity contribution in [2.45, 2.75) is 52.4 Å². The Bertz CT molecular complexity index is 546. The minimum Gasteiger partial charge on any atom is -0.0642 e. The molecule has 1 unspecified atom stereocenters. The van der Waals surface area contributed by atoms with Crippen LogP contribution in [-0.2, 0) is 5.41 Å².